The fourth-order valence-corrected chi connectivity index (χ4v) is 2.69. The van der Waals surface area contributed by atoms with Crippen LogP contribution in [0.5, 0.6) is 0 Å². The van der Waals surface area contributed by atoms with Crippen molar-refractivity contribution in [3.8, 4) is 0 Å². The van der Waals surface area contributed by atoms with Crippen LogP contribution < -0.4 is 0 Å². The molecule has 0 heterocycles. The van der Waals surface area contributed by atoms with Gasteiger partial charge in [0.05, 0.1) is 18.9 Å². The molecule has 23 heavy (non-hydrogen) atoms. The number of hydrogen-bond donors (Lipinski definition) is 3. The molecule has 0 spiro atoms. The number of hydrogen-bond acceptors (Lipinski definition) is 7. The molecule has 0 saturated carbocycles. The average Bonchev–Trinajstić information content (AvgIpc) is 2.56. The van der Waals surface area contributed by atoms with Gasteiger partial charge >= 0.3 is 11.9 Å². The first kappa shape index (κ1) is 22.6. The van der Waals surface area contributed by atoms with Crippen molar-refractivity contribution < 1.29 is 24.5 Å². The van der Waals surface area contributed by atoms with Crippen molar-refractivity contribution in [2.75, 3.05) is 18.1 Å². The number of carbonyl (C=O) groups is 2. The molecule has 1 atom stereocenters. The molecule has 1 unspecified atom stereocenters. The van der Waals surface area contributed by atoms with Gasteiger partial charge in [-0.1, -0.05) is 32.1 Å². The predicted octanol–water partition coefficient (Wildman–Crippen LogP) is 3.92. The molecule has 0 amide bonds. The highest BCUT2D eigenvalue weighted by Gasteiger charge is 2.24. The van der Waals surface area contributed by atoms with E-state index < -0.39 is 17.9 Å². The molecule has 0 aromatic heterocycles. The summed E-state index contributed by atoms with van der Waals surface area (Å²) in [4.78, 5) is 27.1. The van der Waals surface area contributed by atoms with E-state index in [1.165, 1.54) is 0 Å². The molecule has 0 aromatic carbocycles. The molecule has 7 heteroatoms. The molecule has 0 radical (unpaired) electrons. The van der Waals surface area contributed by atoms with E-state index in [0.717, 1.165) is 62.9 Å². The van der Waals surface area contributed by atoms with Gasteiger partial charge in [0.25, 0.3) is 0 Å². The molecule has 5 nitrogen and oxygen atoms in total. The van der Waals surface area contributed by atoms with E-state index in [1.54, 1.807) is 0 Å². The molecule has 1 N–H and O–H groups in total. The predicted molar refractivity (Wildman–Crippen MR) is 97.0 cm³/mol. The molecule has 0 saturated heterocycles. The first-order chi connectivity index (χ1) is 11.2. The fourth-order valence-electron chi connectivity index (χ4n) is 2.25. The molecule has 0 fully saturated rings. The second-order valence-electron chi connectivity index (χ2n) is 5.60. The van der Waals surface area contributed by atoms with Crippen LogP contribution in [0.4, 0.5) is 0 Å². The summed E-state index contributed by atoms with van der Waals surface area (Å²) in [5, 5.41) is 8.54. The zero-order valence-electron chi connectivity index (χ0n) is 13.7. The maximum Gasteiger partial charge on any atom is 0.345 e. The minimum atomic E-state index is -0.759. The van der Waals surface area contributed by atoms with E-state index in [2.05, 4.69) is 30.1 Å². The Kier molecular flexibility index (Phi) is 16.2. The van der Waals surface area contributed by atoms with Gasteiger partial charge in [-0.05, 0) is 37.2 Å². The Morgan fingerprint density at radius 2 is 1.43 bits per heavy atom. The molecule has 0 aromatic rings. The molecular weight excluding hydrogens is 336 g/mol. The lowest BCUT2D eigenvalue weighted by Crippen LogP contribution is -2.21. The van der Waals surface area contributed by atoms with Crippen LogP contribution in [0.1, 0.15) is 64.2 Å². The number of thiol groups is 2. The van der Waals surface area contributed by atoms with Crippen LogP contribution in [0, 0.1) is 5.92 Å². The van der Waals surface area contributed by atoms with Crippen LogP contribution in [-0.4, -0.2) is 35.3 Å². The highest BCUT2D eigenvalue weighted by molar-refractivity contribution is 7.80. The summed E-state index contributed by atoms with van der Waals surface area (Å²) in [5.74, 6) is -0.0798. The molecule has 0 aliphatic heterocycles. The van der Waals surface area contributed by atoms with Gasteiger partial charge in [-0.25, -0.2) is 4.79 Å². The van der Waals surface area contributed by atoms with Crippen LogP contribution in [0.2, 0.25) is 0 Å². The second-order valence-corrected chi connectivity index (χ2v) is 6.49. The molecule has 0 bridgehead atoms. The van der Waals surface area contributed by atoms with Gasteiger partial charge in [-0.2, -0.15) is 30.5 Å². The number of carbonyl (C=O) groups excluding carboxylic acids is 2. The lowest BCUT2D eigenvalue weighted by atomic mass is 9.97. The zero-order chi connectivity index (χ0) is 17.3. The van der Waals surface area contributed by atoms with Crippen molar-refractivity contribution in [2.45, 2.75) is 64.2 Å². The Bertz CT molecular complexity index is 313. The minimum Gasteiger partial charge on any atom is -0.466 e. The highest BCUT2D eigenvalue weighted by Crippen LogP contribution is 2.17. The van der Waals surface area contributed by atoms with Crippen molar-refractivity contribution in [2.24, 2.45) is 5.92 Å². The van der Waals surface area contributed by atoms with E-state index in [0.29, 0.717) is 13.0 Å². The first-order valence-corrected chi connectivity index (χ1v) is 9.64. The molecule has 0 rings (SSSR count). The topological polar surface area (TPSA) is 72.8 Å². The van der Waals surface area contributed by atoms with Crippen LogP contribution in [0.15, 0.2) is 0 Å². The van der Waals surface area contributed by atoms with Crippen molar-refractivity contribution in [3.05, 3.63) is 0 Å². The Morgan fingerprint density at radius 3 is 2.00 bits per heavy atom. The Labute approximate surface area is 150 Å². The summed E-state index contributed by atoms with van der Waals surface area (Å²) in [6.45, 7) is 0.369. The van der Waals surface area contributed by atoms with Crippen molar-refractivity contribution in [1.29, 1.82) is 0 Å². The zero-order valence-corrected chi connectivity index (χ0v) is 15.5. The second kappa shape index (κ2) is 16.5. The quantitative estimate of drug-likeness (QED) is 0.135. The monoisotopic (exact) mass is 366 g/mol. The van der Waals surface area contributed by atoms with Crippen molar-refractivity contribution in [1.82, 2.24) is 0 Å². The van der Waals surface area contributed by atoms with Gasteiger partial charge < -0.3 is 9.62 Å². The third-order valence-corrected chi connectivity index (χ3v) is 4.25. The largest absolute Gasteiger partial charge is 0.466 e. The van der Waals surface area contributed by atoms with Gasteiger partial charge in [0.15, 0.2) is 0 Å². The van der Waals surface area contributed by atoms with E-state index in [4.69, 9.17) is 9.99 Å². The standard InChI is InChI=1S/C16H30O5S2/c17-15(20-10-6-2-4-8-12-23)13-14(16(18)21-19)9-5-1-3-7-11-22/h14,19,22-23H,1-13H2. The number of rotatable bonds is 15. The number of unbranched alkanes of at least 4 members (excludes halogenated alkanes) is 6. The Balaban J connectivity index is 3.92. The van der Waals surface area contributed by atoms with Gasteiger partial charge in [0.1, 0.15) is 0 Å². The summed E-state index contributed by atoms with van der Waals surface area (Å²) in [7, 11) is 0. The summed E-state index contributed by atoms with van der Waals surface area (Å²) >= 11 is 8.28. The third kappa shape index (κ3) is 13.7. The van der Waals surface area contributed by atoms with Gasteiger partial charge in [0.2, 0.25) is 0 Å². The fraction of sp³-hybridized carbons (Fsp3) is 0.875. The summed E-state index contributed by atoms with van der Waals surface area (Å²) in [6.07, 6.45) is 8.29. The summed E-state index contributed by atoms with van der Waals surface area (Å²) in [5.41, 5.74) is 0. The van der Waals surface area contributed by atoms with Crippen molar-refractivity contribution >= 4 is 37.2 Å². The maximum atomic E-state index is 11.8. The smallest absolute Gasteiger partial charge is 0.345 e. The summed E-state index contributed by atoms with van der Waals surface area (Å²) in [6, 6.07) is 0. The molecule has 0 aliphatic carbocycles. The number of ether oxygens (including phenoxy) is 1. The first-order valence-electron chi connectivity index (χ1n) is 8.38. The third-order valence-electron chi connectivity index (χ3n) is 3.61. The molecular formula is C16H30O5S2. The van der Waals surface area contributed by atoms with E-state index in [-0.39, 0.29) is 6.42 Å². The SMILES string of the molecule is O=C(CC(CCCCCCS)C(=O)OO)OCCCCCCS. The minimum absolute atomic E-state index is 0.0391. The van der Waals surface area contributed by atoms with Crippen LogP contribution in [0.3, 0.4) is 0 Å². The number of esters is 1. The van der Waals surface area contributed by atoms with E-state index in [1.807, 2.05) is 0 Å². The van der Waals surface area contributed by atoms with Gasteiger partial charge in [-0.15, -0.1) is 0 Å². The van der Waals surface area contributed by atoms with Crippen LogP contribution in [0.25, 0.3) is 0 Å². The van der Waals surface area contributed by atoms with E-state index in [9.17, 15) is 9.59 Å². The molecule has 0 aliphatic rings. The summed E-state index contributed by atoms with van der Waals surface area (Å²) < 4.78 is 5.13. The molecule has 136 valence electrons. The maximum absolute atomic E-state index is 11.8. The van der Waals surface area contributed by atoms with Gasteiger partial charge in [0, 0.05) is 0 Å². The van der Waals surface area contributed by atoms with Gasteiger partial charge in [-0.3, -0.25) is 4.79 Å². The lowest BCUT2D eigenvalue weighted by molar-refractivity contribution is -0.239. The van der Waals surface area contributed by atoms with Crippen molar-refractivity contribution in [3.63, 3.8) is 0 Å². The Morgan fingerprint density at radius 1 is 0.870 bits per heavy atom. The van der Waals surface area contributed by atoms with Crippen LogP contribution >= 0.6 is 25.3 Å². The normalized spacial score (nSPS) is 12.0. The van der Waals surface area contributed by atoms with Crippen LogP contribution in [-0.2, 0) is 19.2 Å². The highest BCUT2D eigenvalue weighted by atomic mass is 32.1. The Hall–Kier alpha value is -0.400. The average molecular weight is 367 g/mol. The van der Waals surface area contributed by atoms with E-state index >= 15 is 0 Å². The lowest BCUT2D eigenvalue weighted by Gasteiger charge is -2.13.